The lowest BCUT2D eigenvalue weighted by molar-refractivity contribution is 0.306. The summed E-state index contributed by atoms with van der Waals surface area (Å²) in [5.74, 6) is 1.23. The third kappa shape index (κ3) is 4.46. The molecule has 0 fully saturated rings. The Bertz CT molecular complexity index is 1340. The van der Waals surface area contributed by atoms with Gasteiger partial charge in [0.25, 0.3) is 5.95 Å². The molecule has 5 aromatic rings. The van der Waals surface area contributed by atoms with Crippen LogP contribution < -0.4 is 10.1 Å². The normalized spacial score (nSPS) is 11.1. The Kier molecular flexibility index (Phi) is 5.53. The fraction of sp³-hybridized carbons (Fsp3) is 0.0400. The van der Waals surface area contributed by atoms with E-state index in [2.05, 4.69) is 44.1 Å². The number of rotatable bonds is 7. The second-order valence-electron chi connectivity index (χ2n) is 7.13. The summed E-state index contributed by atoms with van der Waals surface area (Å²) in [4.78, 5) is 1.36. The Morgan fingerprint density at radius 3 is 2.50 bits per heavy atom. The number of nitrogens with one attached hydrogen (secondary N) is 1. The minimum absolute atomic E-state index is 0.431. The van der Waals surface area contributed by atoms with Crippen LogP contribution in [-0.2, 0) is 6.61 Å². The van der Waals surface area contributed by atoms with Crippen molar-refractivity contribution in [3.63, 3.8) is 0 Å². The van der Waals surface area contributed by atoms with Crippen LogP contribution in [0.1, 0.15) is 11.1 Å². The SMILES string of the molecule is C(=Nn1nnnc1Nc1cccc2ccccc12)c1ccc(OCc2ccccc2)cc1. The number of fused-ring (bicyclic) bond motifs is 1. The van der Waals surface area contributed by atoms with Crippen LogP contribution in [0.2, 0.25) is 0 Å². The van der Waals surface area contributed by atoms with Crippen LogP contribution in [0.25, 0.3) is 10.8 Å². The fourth-order valence-electron chi connectivity index (χ4n) is 3.30. The molecule has 0 saturated heterocycles. The number of tetrazole rings is 1. The van der Waals surface area contributed by atoms with Crippen molar-refractivity contribution in [2.75, 3.05) is 5.32 Å². The molecular weight excluding hydrogens is 400 g/mol. The molecular formula is C25H20N6O. The maximum atomic E-state index is 5.83. The van der Waals surface area contributed by atoms with E-state index in [-0.39, 0.29) is 0 Å². The first kappa shape index (κ1) is 19.4. The quantitative estimate of drug-likeness (QED) is 0.374. The van der Waals surface area contributed by atoms with E-state index in [4.69, 9.17) is 4.74 Å². The molecule has 7 heteroatoms. The monoisotopic (exact) mass is 420 g/mol. The number of ether oxygens (including phenoxy) is 1. The van der Waals surface area contributed by atoms with Gasteiger partial charge < -0.3 is 10.1 Å². The summed E-state index contributed by atoms with van der Waals surface area (Å²) in [6.45, 7) is 0.530. The molecule has 1 heterocycles. The van der Waals surface area contributed by atoms with Gasteiger partial charge in [0.15, 0.2) is 0 Å². The van der Waals surface area contributed by atoms with Crippen molar-refractivity contribution in [3.05, 3.63) is 108 Å². The van der Waals surface area contributed by atoms with Gasteiger partial charge in [0.05, 0.1) is 6.21 Å². The molecule has 0 radical (unpaired) electrons. The van der Waals surface area contributed by atoms with Crippen molar-refractivity contribution in [1.82, 2.24) is 20.3 Å². The van der Waals surface area contributed by atoms with Gasteiger partial charge >= 0.3 is 0 Å². The summed E-state index contributed by atoms with van der Waals surface area (Å²) in [5.41, 5.74) is 2.95. The molecule has 0 aliphatic carbocycles. The molecule has 5 rings (SSSR count). The summed E-state index contributed by atoms with van der Waals surface area (Å²) < 4.78 is 5.83. The highest BCUT2D eigenvalue weighted by Crippen LogP contribution is 2.25. The molecule has 32 heavy (non-hydrogen) atoms. The van der Waals surface area contributed by atoms with Gasteiger partial charge in [-0.1, -0.05) is 76.6 Å². The first-order chi connectivity index (χ1) is 15.8. The zero-order valence-corrected chi connectivity index (χ0v) is 17.2. The van der Waals surface area contributed by atoms with Crippen molar-refractivity contribution < 1.29 is 4.74 Å². The average Bonchev–Trinajstić information content (AvgIpc) is 3.30. The molecule has 4 aromatic carbocycles. The van der Waals surface area contributed by atoms with Crippen molar-refractivity contribution in [1.29, 1.82) is 0 Å². The van der Waals surface area contributed by atoms with Gasteiger partial charge in [-0.3, -0.25) is 0 Å². The van der Waals surface area contributed by atoms with E-state index in [1.165, 1.54) is 4.79 Å². The Balaban J connectivity index is 1.27. The second-order valence-corrected chi connectivity index (χ2v) is 7.13. The first-order valence-corrected chi connectivity index (χ1v) is 10.2. The van der Waals surface area contributed by atoms with Crippen molar-refractivity contribution in [2.24, 2.45) is 5.10 Å². The molecule has 0 atom stereocenters. The summed E-state index contributed by atoms with van der Waals surface area (Å²) in [6, 6.07) is 31.9. The summed E-state index contributed by atoms with van der Waals surface area (Å²) in [5, 5.41) is 21.6. The summed E-state index contributed by atoms with van der Waals surface area (Å²) in [7, 11) is 0. The third-order valence-electron chi connectivity index (χ3n) is 4.93. The molecule has 0 unspecified atom stereocenters. The number of hydrogen-bond donors (Lipinski definition) is 1. The summed E-state index contributed by atoms with van der Waals surface area (Å²) in [6.07, 6.45) is 1.70. The zero-order valence-electron chi connectivity index (χ0n) is 17.2. The highest BCUT2D eigenvalue weighted by atomic mass is 16.5. The lowest BCUT2D eigenvalue weighted by Crippen LogP contribution is -2.01. The molecule has 0 saturated carbocycles. The van der Waals surface area contributed by atoms with E-state index in [1.54, 1.807) is 6.21 Å². The van der Waals surface area contributed by atoms with Crippen LogP contribution in [-0.4, -0.2) is 26.5 Å². The Morgan fingerprint density at radius 1 is 0.844 bits per heavy atom. The van der Waals surface area contributed by atoms with Gasteiger partial charge in [-0.15, -0.1) is 0 Å². The molecule has 156 valence electrons. The first-order valence-electron chi connectivity index (χ1n) is 10.2. The Labute approximate surface area is 185 Å². The van der Waals surface area contributed by atoms with Crippen LogP contribution in [0.4, 0.5) is 11.6 Å². The van der Waals surface area contributed by atoms with E-state index in [9.17, 15) is 0 Å². The van der Waals surface area contributed by atoms with Crippen LogP contribution in [0.3, 0.4) is 0 Å². The van der Waals surface area contributed by atoms with Gasteiger partial charge in [0.1, 0.15) is 12.4 Å². The Morgan fingerprint density at radius 2 is 1.62 bits per heavy atom. The van der Waals surface area contributed by atoms with Gasteiger partial charge in [-0.2, -0.15) is 5.10 Å². The van der Waals surface area contributed by atoms with E-state index in [1.807, 2.05) is 78.9 Å². The second kappa shape index (κ2) is 9.09. The van der Waals surface area contributed by atoms with Gasteiger partial charge in [-0.25, -0.2) is 0 Å². The molecule has 0 aliphatic rings. The van der Waals surface area contributed by atoms with E-state index in [0.29, 0.717) is 12.6 Å². The molecule has 0 bridgehead atoms. The summed E-state index contributed by atoms with van der Waals surface area (Å²) >= 11 is 0. The predicted octanol–water partition coefficient (Wildman–Crippen LogP) is 5.03. The molecule has 0 amide bonds. The molecule has 1 aromatic heterocycles. The highest BCUT2D eigenvalue weighted by molar-refractivity contribution is 5.94. The van der Waals surface area contributed by atoms with Crippen molar-refractivity contribution in [2.45, 2.75) is 6.61 Å². The molecule has 0 aliphatic heterocycles. The topological polar surface area (TPSA) is 77.2 Å². The van der Waals surface area contributed by atoms with Gasteiger partial charge in [0.2, 0.25) is 0 Å². The van der Waals surface area contributed by atoms with Crippen molar-refractivity contribution >= 4 is 28.6 Å². The molecule has 7 nitrogen and oxygen atoms in total. The van der Waals surface area contributed by atoms with E-state index < -0.39 is 0 Å². The highest BCUT2D eigenvalue weighted by Gasteiger charge is 2.07. The molecule has 0 spiro atoms. The fourth-order valence-corrected chi connectivity index (χ4v) is 3.30. The number of anilines is 2. The smallest absolute Gasteiger partial charge is 0.269 e. The minimum atomic E-state index is 0.431. The van der Waals surface area contributed by atoms with E-state index >= 15 is 0 Å². The van der Waals surface area contributed by atoms with Crippen LogP contribution in [0, 0.1) is 0 Å². The number of benzene rings is 4. The number of aromatic nitrogens is 4. The van der Waals surface area contributed by atoms with Gasteiger partial charge in [0, 0.05) is 11.1 Å². The minimum Gasteiger partial charge on any atom is -0.489 e. The maximum absolute atomic E-state index is 5.83. The van der Waals surface area contributed by atoms with Crippen LogP contribution in [0.5, 0.6) is 5.75 Å². The predicted molar refractivity (Wildman–Crippen MR) is 125 cm³/mol. The van der Waals surface area contributed by atoms with Crippen molar-refractivity contribution in [3.8, 4) is 5.75 Å². The Hall–Kier alpha value is -4.52. The van der Waals surface area contributed by atoms with Gasteiger partial charge in [-0.05, 0) is 57.3 Å². The number of hydrogen-bond acceptors (Lipinski definition) is 6. The zero-order chi connectivity index (χ0) is 21.6. The standard InChI is InChI=1S/C25H20N6O/c1-2-7-20(8-3-1)18-32-22-15-13-19(14-16-22)17-26-31-25(28-29-30-31)27-24-12-6-10-21-9-4-5-11-23(21)24/h1-17H,18H2,(H,27,28,30). The largest absolute Gasteiger partial charge is 0.489 e. The van der Waals surface area contributed by atoms with Crippen LogP contribution in [0.15, 0.2) is 102 Å². The maximum Gasteiger partial charge on any atom is 0.269 e. The third-order valence-corrected chi connectivity index (χ3v) is 4.93. The number of nitrogens with zero attached hydrogens (tertiary/aromatic N) is 5. The average molecular weight is 420 g/mol. The van der Waals surface area contributed by atoms with E-state index in [0.717, 1.165) is 33.3 Å². The van der Waals surface area contributed by atoms with Crippen LogP contribution >= 0.6 is 0 Å². The molecule has 1 N–H and O–H groups in total. The lowest BCUT2D eigenvalue weighted by Gasteiger charge is -2.07. The lowest BCUT2D eigenvalue weighted by atomic mass is 10.1.